The van der Waals surface area contributed by atoms with Crippen LogP contribution in [0.2, 0.25) is 0 Å². The van der Waals surface area contributed by atoms with Crippen molar-refractivity contribution in [3.8, 4) is 0 Å². The molecule has 70 valence electrons. The summed E-state index contributed by atoms with van der Waals surface area (Å²) in [5, 5.41) is 2.45. The average Bonchev–Trinajstić information content (AvgIpc) is 2.19. The molecule has 0 spiro atoms. The summed E-state index contributed by atoms with van der Waals surface area (Å²) in [6.07, 6.45) is 3.68. The molecule has 1 aromatic heterocycles. The Morgan fingerprint density at radius 1 is 1.00 bits per heavy atom. The summed E-state index contributed by atoms with van der Waals surface area (Å²) < 4.78 is 0. The molecule has 2 aromatic rings. The fourth-order valence-electron chi connectivity index (χ4n) is 1.03. The predicted octanol–water partition coefficient (Wildman–Crippen LogP) is 3.61. The van der Waals surface area contributed by atoms with Gasteiger partial charge in [-0.25, -0.2) is 0 Å². The van der Waals surface area contributed by atoms with Gasteiger partial charge in [0.2, 0.25) is 0 Å². The molecule has 0 bridgehead atoms. The number of aromatic nitrogens is 1. The molecule has 0 aliphatic carbocycles. The molecule has 1 nitrogen and oxygen atoms in total. The van der Waals surface area contributed by atoms with Crippen LogP contribution in [0.15, 0.2) is 42.7 Å². The van der Waals surface area contributed by atoms with Crippen molar-refractivity contribution in [1.29, 1.82) is 0 Å². The number of pyridine rings is 1. The van der Waals surface area contributed by atoms with E-state index in [2.05, 4.69) is 17.1 Å². The van der Waals surface area contributed by atoms with Crippen LogP contribution in [0.25, 0.3) is 10.8 Å². The Morgan fingerprint density at radius 2 is 1.62 bits per heavy atom. The smallest absolute Gasteiger partial charge is 0.0346 e. The molecule has 0 radical (unpaired) electrons. The first-order chi connectivity index (χ1) is 6.38. The maximum Gasteiger partial charge on any atom is 0.0346 e. The van der Waals surface area contributed by atoms with Crippen molar-refractivity contribution in [3.05, 3.63) is 42.7 Å². The second kappa shape index (κ2) is 6.22. The monoisotopic (exact) mass is 255 g/mol. The van der Waals surface area contributed by atoms with Gasteiger partial charge in [-0.15, -0.1) is 0 Å². The van der Waals surface area contributed by atoms with Crippen LogP contribution in [0.4, 0.5) is 0 Å². The molecule has 0 unspecified atom stereocenters. The summed E-state index contributed by atoms with van der Waals surface area (Å²) >= 11 is 0.194. The molecular formula is C9H7Cl2FeN. The number of hydrogen-bond donors (Lipinski definition) is 0. The minimum absolute atomic E-state index is 0.194. The quantitative estimate of drug-likeness (QED) is 0.656. The Morgan fingerprint density at radius 3 is 2.23 bits per heavy atom. The van der Waals surface area contributed by atoms with Crippen LogP contribution in [0.3, 0.4) is 0 Å². The van der Waals surface area contributed by atoms with E-state index in [1.165, 1.54) is 10.8 Å². The summed E-state index contributed by atoms with van der Waals surface area (Å²) in [7, 11) is 9.53. The molecule has 0 atom stereocenters. The van der Waals surface area contributed by atoms with E-state index in [4.69, 9.17) is 20.2 Å². The molecule has 0 fully saturated rings. The van der Waals surface area contributed by atoms with E-state index in [0.717, 1.165) is 0 Å². The van der Waals surface area contributed by atoms with E-state index in [0.29, 0.717) is 0 Å². The third kappa shape index (κ3) is 3.53. The Labute approximate surface area is 91.7 Å². The van der Waals surface area contributed by atoms with E-state index in [1.54, 1.807) is 0 Å². The van der Waals surface area contributed by atoms with Gasteiger partial charge in [-0.3, -0.25) is 4.98 Å². The van der Waals surface area contributed by atoms with E-state index >= 15 is 0 Å². The van der Waals surface area contributed by atoms with Gasteiger partial charge in [0.15, 0.2) is 0 Å². The second-order valence-corrected chi connectivity index (χ2v) is 4.10. The third-order valence-corrected chi connectivity index (χ3v) is 1.55. The predicted molar refractivity (Wildman–Crippen MR) is 53.4 cm³/mol. The Hall–Kier alpha value is -0.271. The molecule has 13 heavy (non-hydrogen) atoms. The molecule has 4 heteroatoms. The Kier molecular flexibility index (Phi) is 5.17. The van der Waals surface area contributed by atoms with Crippen LogP contribution in [0.5, 0.6) is 0 Å². The first kappa shape index (κ1) is 10.8. The topological polar surface area (TPSA) is 12.9 Å². The molecule has 2 rings (SSSR count). The summed E-state index contributed by atoms with van der Waals surface area (Å²) in [5.74, 6) is 0. The number of rotatable bonds is 0. The largest absolute Gasteiger partial charge is 0.264 e. The van der Waals surface area contributed by atoms with E-state index in [1.807, 2.05) is 30.6 Å². The first-order valence-corrected chi connectivity index (χ1v) is 6.56. The van der Waals surface area contributed by atoms with Gasteiger partial charge in [-0.2, -0.15) is 0 Å². The molecule has 0 saturated carbocycles. The molecule has 0 amide bonds. The van der Waals surface area contributed by atoms with Gasteiger partial charge in [0.05, 0.1) is 0 Å². The minimum Gasteiger partial charge on any atom is -0.264 e. The fourth-order valence-corrected chi connectivity index (χ4v) is 1.03. The Balaban J connectivity index is 0.000000251. The van der Waals surface area contributed by atoms with Crippen molar-refractivity contribution in [2.75, 3.05) is 0 Å². The second-order valence-electron chi connectivity index (χ2n) is 2.27. The van der Waals surface area contributed by atoms with Crippen molar-refractivity contribution in [2.45, 2.75) is 0 Å². The summed E-state index contributed by atoms with van der Waals surface area (Å²) in [6, 6.07) is 10.2. The van der Waals surface area contributed by atoms with Gasteiger partial charge in [-0.1, -0.05) is 24.3 Å². The molecule has 1 heterocycles. The van der Waals surface area contributed by atoms with Crippen LogP contribution in [-0.4, -0.2) is 4.98 Å². The van der Waals surface area contributed by atoms with Gasteiger partial charge in [0, 0.05) is 12.4 Å². The first-order valence-electron chi connectivity index (χ1n) is 3.52. The van der Waals surface area contributed by atoms with E-state index in [9.17, 15) is 0 Å². The zero-order valence-electron chi connectivity index (χ0n) is 6.60. The minimum atomic E-state index is 0.194. The molecule has 0 aliphatic heterocycles. The Bertz CT molecular complexity index is 302. The van der Waals surface area contributed by atoms with Crippen molar-refractivity contribution in [3.63, 3.8) is 0 Å². The molecule has 0 N–H and O–H groups in total. The van der Waals surface area contributed by atoms with E-state index < -0.39 is 0 Å². The van der Waals surface area contributed by atoms with Crippen molar-refractivity contribution in [1.82, 2.24) is 4.98 Å². The van der Waals surface area contributed by atoms with Crippen LogP contribution >= 0.6 is 20.2 Å². The number of halogens is 2. The summed E-state index contributed by atoms with van der Waals surface area (Å²) in [6.45, 7) is 0. The fraction of sp³-hybridized carbons (Fsp3) is 0. The average molecular weight is 256 g/mol. The zero-order valence-corrected chi connectivity index (χ0v) is 9.21. The standard InChI is InChI=1S/C9H7N.2ClH.Fe/c1-2-4-9-7-10-6-5-8(9)3-1;;;/h1-7H;2*1H;/q;;;+2/p-2. The van der Waals surface area contributed by atoms with Gasteiger partial charge in [0.25, 0.3) is 0 Å². The zero-order chi connectivity index (χ0) is 9.52. The van der Waals surface area contributed by atoms with Gasteiger partial charge < -0.3 is 0 Å². The molecule has 1 aromatic carbocycles. The maximum atomic E-state index is 4.76. The van der Waals surface area contributed by atoms with Gasteiger partial charge in [0.1, 0.15) is 0 Å². The maximum absolute atomic E-state index is 4.76. The molecular weight excluding hydrogens is 249 g/mol. The number of nitrogens with zero attached hydrogens (tertiary/aromatic N) is 1. The molecule has 0 saturated heterocycles. The van der Waals surface area contributed by atoms with Crippen molar-refractivity contribution >= 4 is 31.0 Å². The van der Waals surface area contributed by atoms with Crippen LogP contribution in [-0.2, 0) is 13.1 Å². The summed E-state index contributed by atoms with van der Waals surface area (Å²) in [4.78, 5) is 4.01. The van der Waals surface area contributed by atoms with Crippen LogP contribution < -0.4 is 0 Å². The van der Waals surface area contributed by atoms with Crippen molar-refractivity contribution < 1.29 is 13.1 Å². The number of fused-ring (bicyclic) bond motifs is 1. The summed E-state index contributed by atoms with van der Waals surface area (Å²) in [5.41, 5.74) is 0. The third-order valence-electron chi connectivity index (χ3n) is 1.55. The molecule has 0 aliphatic rings. The van der Waals surface area contributed by atoms with Gasteiger partial charge in [-0.05, 0) is 16.8 Å². The van der Waals surface area contributed by atoms with Crippen LogP contribution in [0, 0.1) is 0 Å². The normalized spacial score (nSPS) is 9.38. The number of hydrogen-bond acceptors (Lipinski definition) is 1. The van der Waals surface area contributed by atoms with Crippen LogP contribution in [0.1, 0.15) is 0 Å². The van der Waals surface area contributed by atoms with E-state index in [-0.39, 0.29) is 13.1 Å². The number of benzene rings is 1. The SMILES string of the molecule is [Cl][Fe][Cl].c1ccc2cnccc2c1. The van der Waals surface area contributed by atoms with Crippen molar-refractivity contribution in [2.24, 2.45) is 0 Å². The van der Waals surface area contributed by atoms with Gasteiger partial charge >= 0.3 is 33.3 Å².